The van der Waals surface area contributed by atoms with E-state index in [4.69, 9.17) is 5.26 Å². The first-order valence-electron chi connectivity index (χ1n) is 4.46. The summed E-state index contributed by atoms with van der Waals surface area (Å²) in [7, 11) is 0. The third kappa shape index (κ3) is 1.76. The fourth-order valence-electron chi connectivity index (χ4n) is 1.66. The van der Waals surface area contributed by atoms with Crippen LogP contribution in [0.5, 0.6) is 0 Å². The average Bonchev–Trinajstić information content (AvgIpc) is 2.37. The van der Waals surface area contributed by atoms with Crippen molar-refractivity contribution >= 4 is 5.91 Å². The lowest BCUT2D eigenvalue weighted by Gasteiger charge is -2.21. The van der Waals surface area contributed by atoms with Crippen molar-refractivity contribution in [3.05, 3.63) is 0 Å². The van der Waals surface area contributed by atoms with E-state index in [9.17, 15) is 4.79 Å². The molecule has 1 aliphatic rings. The molecular weight excluding hydrogens is 152 g/mol. The standard InChI is InChI=1S/C9H14N2O/c1-2-7-11-8(5-6-10)3-4-9(11)12/h8H,2-5,7H2,1H3. The molecule has 1 saturated heterocycles. The summed E-state index contributed by atoms with van der Waals surface area (Å²) in [6.45, 7) is 2.86. The number of hydrogen-bond acceptors (Lipinski definition) is 2. The molecule has 0 radical (unpaired) electrons. The maximum Gasteiger partial charge on any atom is 0.222 e. The van der Waals surface area contributed by atoms with E-state index in [2.05, 4.69) is 13.0 Å². The van der Waals surface area contributed by atoms with Crippen LogP contribution in [0.25, 0.3) is 0 Å². The molecule has 0 N–H and O–H groups in total. The van der Waals surface area contributed by atoms with Gasteiger partial charge in [-0.3, -0.25) is 4.79 Å². The molecule has 0 aromatic rings. The predicted octanol–water partition coefficient (Wildman–Crippen LogP) is 1.30. The van der Waals surface area contributed by atoms with Crippen LogP contribution in [0.3, 0.4) is 0 Å². The topological polar surface area (TPSA) is 44.1 Å². The Bertz CT molecular complexity index is 207. The van der Waals surface area contributed by atoms with Gasteiger partial charge >= 0.3 is 0 Å². The van der Waals surface area contributed by atoms with Gasteiger partial charge in [-0.05, 0) is 12.8 Å². The summed E-state index contributed by atoms with van der Waals surface area (Å²) in [5.74, 6) is 0.220. The average molecular weight is 166 g/mol. The zero-order valence-electron chi connectivity index (χ0n) is 7.42. The van der Waals surface area contributed by atoms with E-state index in [-0.39, 0.29) is 11.9 Å². The second-order valence-electron chi connectivity index (χ2n) is 3.14. The van der Waals surface area contributed by atoms with E-state index in [1.807, 2.05) is 4.90 Å². The molecule has 66 valence electrons. The molecule has 0 saturated carbocycles. The van der Waals surface area contributed by atoms with Gasteiger partial charge in [-0.2, -0.15) is 5.26 Å². The molecule has 0 aromatic carbocycles. The summed E-state index contributed by atoms with van der Waals surface area (Å²) >= 11 is 0. The third-order valence-electron chi connectivity index (χ3n) is 2.24. The van der Waals surface area contributed by atoms with Crippen molar-refractivity contribution in [1.29, 1.82) is 5.26 Å². The monoisotopic (exact) mass is 166 g/mol. The first-order chi connectivity index (χ1) is 5.79. The van der Waals surface area contributed by atoms with Gasteiger partial charge in [0.15, 0.2) is 0 Å². The molecular formula is C9H14N2O. The van der Waals surface area contributed by atoms with Gasteiger partial charge in [0.1, 0.15) is 0 Å². The van der Waals surface area contributed by atoms with Gasteiger partial charge in [0.25, 0.3) is 0 Å². The fourth-order valence-corrected chi connectivity index (χ4v) is 1.66. The van der Waals surface area contributed by atoms with Gasteiger partial charge in [-0.1, -0.05) is 6.92 Å². The first-order valence-corrected chi connectivity index (χ1v) is 4.46. The normalized spacial score (nSPS) is 22.8. The van der Waals surface area contributed by atoms with E-state index in [0.717, 1.165) is 19.4 Å². The van der Waals surface area contributed by atoms with E-state index >= 15 is 0 Å². The molecule has 3 nitrogen and oxygen atoms in total. The molecule has 12 heavy (non-hydrogen) atoms. The molecule has 1 fully saturated rings. The Labute approximate surface area is 73.0 Å². The van der Waals surface area contributed by atoms with Crippen molar-refractivity contribution in [1.82, 2.24) is 4.90 Å². The van der Waals surface area contributed by atoms with Crippen LogP contribution < -0.4 is 0 Å². The molecule has 3 heteroatoms. The SMILES string of the molecule is CCCN1C(=O)CCC1CC#N. The van der Waals surface area contributed by atoms with Crippen LogP contribution in [0.2, 0.25) is 0 Å². The Morgan fingerprint density at radius 2 is 2.50 bits per heavy atom. The van der Waals surface area contributed by atoms with E-state index in [1.54, 1.807) is 0 Å². The zero-order valence-corrected chi connectivity index (χ0v) is 7.42. The van der Waals surface area contributed by atoms with Gasteiger partial charge in [-0.15, -0.1) is 0 Å². The summed E-state index contributed by atoms with van der Waals surface area (Å²) in [6, 6.07) is 2.32. The summed E-state index contributed by atoms with van der Waals surface area (Å²) in [5, 5.41) is 8.51. The predicted molar refractivity (Wildman–Crippen MR) is 45.3 cm³/mol. The van der Waals surface area contributed by atoms with Gasteiger partial charge < -0.3 is 4.90 Å². The van der Waals surface area contributed by atoms with Crippen molar-refractivity contribution in [2.45, 2.75) is 38.6 Å². The summed E-state index contributed by atoms with van der Waals surface area (Å²) in [6.07, 6.45) is 2.97. The Morgan fingerprint density at radius 1 is 1.75 bits per heavy atom. The van der Waals surface area contributed by atoms with Gasteiger partial charge in [-0.25, -0.2) is 0 Å². The smallest absolute Gasteiger partial charge is 0.222 e. The minimum absolute atomic E-state index is 0.197. The highest BCUT2D eigenvalue weighted by molar-refractivity contribution is 5.78. The number of nitriles is 1. The first kappa shape index (κ1) is 9.05. The second-order valence-corrected chi connectivity index (χ2v) is 3.14. The van der Waals surface area contributed by atoms with Crippen LogP contribution in [0.4, 0.5) is 0 Å². The maximum absolute atomic E-state index is 11.3. The maximum atomic E-state index is 11.3. The number of nitrogens with zero attached hydrogens (tertiary/aromatic N) is 2. The Hall–Kier alpha value is -1.04. The minimum Gasteiger partial charge on any atom is -0.339 e. The minimum atomic E-state index is 0.197. The zero-order chi connectivity index (χ0) is 8.97. The molecule has 0 aliphatic carbocycles. The van der Waals surface area contributed by atoms with Crippen molar-refractivity contribution in [2.24, 2.45) is 0 Å². The van der Waals surface area contributed by atoms with Crippen LogP contribution in [0, 0.1) is 11.3 Å². The Morgan fingerprint density at radius 3 is 3.08 bits per heavy atom. The largest absolute Gasteiger partial charge is 0.339 e. The fraction of sp³-hybridized carbons (Fsp3) is 0.778. The summed E-state index contributed by atoms with van der Waals surface area (Å²) in [5.41, 5.74) is 0. The molecule has 1 atom stereocenters. The molecule has 1 heterocycles. The number of amides is 1. The Balaban J connectivity index is 2.52. The Kier molecular flexibility index (Phi) is 3.09. The van der Waals surface area contributed by atoms with E-state index in [0.29, 0.717) is 12.8 Å². The highest BCUT2D eigenvalue weighted by Gasteiger charge is 2.29. The second kappa shape index (κ2) is 4.10. The van der Waals surface area contributed by atoms with Crippen LogP contribution in [0.15, 0.2) is 0 Å². The van der Waals surface area contributed by atoms with Crippen molar-refractivity contribution in [3.63, 3.8) is 0 Å². The van der Waals surface area contributed by atoms with Gasteiger partial charge in [0.05, 0.1) is 12.5 Å². The van der Waals surface area contributed by atoms with Crippen LogP contribution >= 0.6 is 0 Å². The molecule has 0 spiro atoms. The number of likely N-dealkylation sites (tertiary alicyclic amines) is 1. The lowest BCUT2D eigenvalue weighted by Crippen LogP contribution is -2.33. The molecule has 1 aliphatic heterocycles. The quantitative estimate of drug-likeness (QED) is 0.634. The van der Waals surface area contributed by atoms with Crippen LogP contribution in [0.1, 0.15) is 32.6 Å². The van der Waals surface area contributed by atoms with Crippen molar-refractivity contribution in [2.75, 3.05) is 6.54 Å². The van der Waals surface area contributed by atoms with Crippen LogP contribution in [-0.4, -0.2) is 23.4 Å². The molecule has 0 aromatic heterocycles. The molecule has 0 bridgehead atoms. The molecule has 1 amide bonds. The third-order valence-corrected chi connectivity index (χ3v) is 2.24. The van der Waals surface area contributed by atoms with Crippen LogP contribution in [-0.2, 0) is 4.79 Å². The number of carbonyl (C=O) groups excluding carboxylic acids is 1. The van der Waals surface area contributed by atoms with Crippen molar-refractivity contribution < 1.29 is 4.79 Å². The van der Waals surface area contributed by atoms with Crippen molar-refractivity contribution in [3.8, 4) is 6.07 Å². The number of carbonyl (C=O) groups is 1. The highest BCUT2D eigenvalue weighted by atomic mass is 16.2. The lowest BCUT2D eigenvalue weighted by atomic mass is 10.1. The summed E-state index contributed by atoms with van der Waals surface area (Å²) in [4.78, 5) is 13.1. The number of rotatable bonds is 3. The molecule has 1 rings (SSSR count). The summed E-state index contributed by atoms with van der Waals surface area (Å²) < 4.78 is 0. The van der Waals surface area contributed by atoms with E-state index in [1.165, 1.54) is 0 Å². The van der Waals surface area contributed by atoms with Gasteiger partial charge in [0.2, 0.25) is 5.91 Å². The lowest BCUT2D eigenvalue weighted by molar-refractivity contribution is -0.128. The highest BCUT2D eigenvalue weighted by Crippen LogP contribution is 2.20. The van der Waals surface area contributed by atoms with Gasteiger partial charge in [0, 0.05) is 19.0 Å². The van der Waals surface area contributed by atoms with E-state index < -0.39 is 0 Å². The number of hydrogen-bond donors (Lipinski definition) is 0. The molecule has 1 unspecified atom stereocenters.